The zero-order valence-corrected chi connectivity index (χ0v) is 39.8. The number of fused-ring (bicyclic) bond motifs is 4. The zero-order chi connectivity index (χ0) is 42.4. The molecule has 0 unspecified atom stereocenters. The lowest BCUT2D eigenvalue weighted by atomic mass is 9.61. The summed E-state index contributed by atoms with van der Waals surface area (Å²) >= 11 is 0. The van der Waals surface area contributed by atoms with E-state index in [1.54, 1.807) is 0 Å². The van der Waals surface area contributed by atoms with Gasteiger partial charge in [-0.2, -0.15) is 0 Å². The first-order valence-electron chi connectivity index (χ1n) is 22.6. The molecule has 0 spiro atoms. The molecule has 2 nitrogen and oxygen atoms in total. The maximum atomic E-state index is 5.75. The van der Waals surface area contributed by atoms with Crippen LogP contribution in [-0.2, 0) is 0 Å². The molecule has 0 atom stereocenters. The second kappa shape index (κ2) is 14.9. The third-order valence-corrected chi connectivity index (χ3v) is 27.7. The molecule has 302 valence electrons. The average molecular weight is 817 g/mol. The van der Waals surface area contributed by atoms with E-state index in [1.807, 2.05) is 0 Å². The van der Waals surface area contributed by atoms with Gasteiger partial charge in [0.2, 0.25) is 0 Å². The Hall–Kier alpha value is -5.01. The van der Waals surface area contributed by atoms with Gasteiger partial charge in [-0.1, -0.05) is 168 Å². The molecule has 4 heteroatoms. The largest absolute Gasteiger partial charge is 0.243 e. The minimum atomic E-state index is -2.11. The van der Waals surface area contributed by atoms with E-state index in [2.05, 4.69) is 203 Å². The predicted molar refractivity (Wildman–Crippen MR) is 263 cm³/mol. The van der Waals surface area contributed by atoms with Gasteiger partial charge in [-0.3, -0.25) is 0 Å². The van der Waals surface area contributed by atoms with Gasteiger partial charge in [0.15, 0.2) is 0 Å². The molecular formula is C56H60N2Si2. The molecule has 7 aromatic rings. The van der Waals surface area contributed by atoms with Crippen LogP contribution in [0.4, 0.5) is 0 Å². The highest BCUT2D eigenvalue weighted by atomic mass is 28.3. The van der Waals surface area contributed by atoms with Crippen molar-refractivity contribution in [3.05, 3.63) is 142 Å². The van der Waals surface area contributed by atoms with Crippen molar-refractivity contribution in [3.63, 3.8) is 0 Å². The third kappa shape index (κ3) is 5.89. The van der Waals surface area contributed by atoms with Gasteiger partial charge in [-0.05, 0) is 102 Å². The van der Waals surface area contributed by atoms with E-state index in [-0.39, 0.29) is 11.8 Å². The molecule has 0 saturated heterocycles. The van der Waals surface area contributed by atoms with Crippen molar-refractivity contribution >= 4 is 59.8 Å². The van der Waals surface area contributed by atoms with Gasteiger partial charge in [0.05, 0.1) is 22.2 Å². The topological polar surface area (TPSA) is 25.8 Å². The lowest BCUT2D eigenvalue weighted by Crippen LogP contribution is -2.43. The molecular weight excluding hydrogens is 757 g/mol. The normalized spacial score (nSPS) is 16.0. The molecule has 6 aromatic carbocycles. The van der Waals surface area contributed by atoms with Crippen molar-refractivity contribution in [2.75, 3.05) is 0 Å². The second-order valence-electron chi connectivity index (χ2n) is 19.8. The maximum Gasteiger partial charge on any atom is 0.146 e. The van der Waals surface area contributed by atoms with Crippen LogP contribution < -0.4 is 0 Å². The molecule has 0 N–H and O–H groups in total. The summed E-state index contributed by atoms with van der Waals surface area (Å²) < 4.78 is 0. The van der Waals surface area contributed by atoms with Crippen LogP contribution in [0.3, 0.4) is 0 Å². The monoisotopic (exact) mass is 816 g/mol. The van der Waals surface area contributed by atoms with Crippen LogP contribution in [0.5, 0.6) is 0 Å². The van der Waals surface area contributed by atoms with Crippen LogP contribution in [0, 0.1) is 22.9 Å². The molecule has 60 heavy (non-hydrogen) atoms. The summed E-state index contributed by atoms with van der Waals surface area (Å²) in [6.45, 7) is 28.8. The van der Waals surface area contributed by atoms with E-state index in [9.17, 15) is 0 Å². The van der Waals surface area contributed by atoms with Crippen molar-refractivity contribution < 1.29 is 0 Å². The van der Waals surface area contributed by atoms with Crippen molar-refractivity contribution in [3.8, 4) is 22.9 Å². The summed E-state index contributed by atoms with van der Waals surface area (Å²) in [5, 5.41) is 4.68. The van der Waals surface area contributed by atoms with Gasteiger partial charge < -0.3 is 0 Å². The highest BCUT2D eigenvalue weighted by molar-refractivity contribution is 6.91. The van der Waals surface area contributed by atoms with E-state index < -0.39 is 16.1 Å². The molecule has 0 saturated carbocycles. The Morgan fingerprint density at radius 2 is 0.700 bits per heavy atom. The van der Waals surface area contributed by atoms with E-state index in [4.69, 9.17) is 9.97 Å². The molecule has 2 bridgehead atoms. The van der Waals surface area contributed by atoms with Crippen LogP contribution in [0.25, 0.3) is 43.6 Å². The van der Waals surface area contributed by atoms with Crippen LogP contribution in [0.15, 0.2) is 97.1 Å². The fourth-order valence-electron chi connectivity index (χ4n) is 12.4. The first-order chi connectivity index (χ1) is 28.7. The van der Waals surface area contributed by atoms with Gasteiger partial charge in [0.1, 0.15) is 27.2 Å². The SMILES string of the molecule is CC(C)[Si](C#Cc1c2cc3ccccc3cc2c(C#C[Si](C(C)C)(C(C)C)C(C)C)c2nc3cc4c(cc3nc12)C1c2ccccc2C4c2ccccc21)(C(C)C)C(C)C. The van der Waals surface area contributed by atoms with Gasteiger partial charge in [-0.25, -0.2) is 9.97 Å². The van der Waals surface area contributed by atoms with Crippen LogP contribution >= 0.6 is 0 Å². The summed E-state index contributed by atoms with van der Waals surface area (Å²) in [7, 11) is -4.22. The molecule has 3 aliphatic carbocycles. The Labute approximate surface area is 360 Å². The molecule has 0 radical (unpaired) electrons. The first kappa shape index (κ1) is 40.4. The lowest BCUT2D eigenvalue weighted by molar-refractivity contribution is 0.756. The summed E-state index contributed by atoms with van der Waals surface area (Å²) in [6, 6.07) is 36.3. The predicted octanol–water partition coefficient (Wildman–Crippen LogP) is 15.2. The third-order valence-electron chi connectivity index (χ3n) is 15.2. The Morgan fingerprint density at radius 1 is 0.400 bits per heavy atom. The number of nitrogens with zero attached hydrogens (tertiary/aromatic N) is 2. The maximum absolute atomic E-state index is 5.75. The van der Waals surface area contributed by atoms with Gasteiger partial charge in [0, 0.05) is 22.6 Å². The number of benzene rings is 6. The molecule has 0 amide bonds. The van der Waals surface area contributed by atoms with Crippen LogP contribution in [-0.4, -0.2) is 26.1 Å². The highest BCUT2D eigenvalue weighted by Gasteiger charge is 2.44. The van der Waals surface area contributed by atoms with Crippen LogP contribution in [0.1, 0.15) is 139 Å². The Kier molecular flexibility index (Phi) is 10.0. The molecule has 0 aliphatic heterocycles. The number of aromatic nitrogens is 2. The fourth-order valence-corrected chi connectivity index (χ4v) is 22.8. The van der Waals surface area contributed by atoms with Gasteiger partial charge >= 0.3 is 0 Å². The van der Waals surface area contributed by atoms with E-state index in [1.165, 1.54) is 44.2 Å². The fraction of sp³-hybridized carbons (Fsp3) is 0.357. The van der Waals surface area contributed by atoms with Crippen molar-refractivity contribution in [2.45, 2.75) is 128 Å². The van der Waals surface area contributed by atoms with E-state index in [0.29, 0.717) is 33.2 Å². The molecule has 3 aliphatic rings. The first-order valence-corrected chi connectivity index (χ1v) is 27.0. The smallest absolute Gasteiger partial charge is 0.146 e. The van der Waals surface area contributed by atoms with Gasteiger partial charge in [0.25, 0.3) is 0 Å². The van der Waals surface area contributed by atoms with E-state index in [0.717, 1.165) is 44.0 Å². The van der Waals surface area contributed by atoms with Crippen molar-refractivity contribution in [1.29, 1.82) is 0 Å². The molecule has 10 rings (SSSR count). The van der Waals surface area contributed by atoms with Gasteiger partial charge in [-0.15, -0.1) is 11.1 Å². The van der Waals surface area contributed by atoms with Crippen molar-refractivity contribution in [1.82, 2.24) is 9.97 Å². The average Bonchev–Trinajstić information content (AvgIpc) is 3.21. The summed E-state index contributed by atoms with van der Waals surface area (Å²) in [5.74, 6) is 8.30. The number of rotatable bonds is 6. The minimum Gasteiger partial charge on any atom is -0.243 e. The summed E-state index contributed by atoms with van der Waals surface area (Å²) in [5.41, 5.74) is 25.3. The summed E-state index contributed by atoms with van der Waals surface area (Å²) in [6.07, 6.45) is 0. The molecule has 1 aromatic heterocycles. The Bertz CT molecular complexity index is 2710. The van der Waals surface area contributed by atoms with Crippen molar-refractivity contribution in [2.24, 2.45) is 0 Å². The summed E-state index contributed by atoms with van der Waals surface area (Å²) in [4.78, 5) is 11.5. The Balaban J connectivity index is 1.44. The minimum absolute atomic E-state index is 0.166. The molecule has 1 heterocycles. The quantitative estimate of drug-likeness (QED) is 0.0949. The van der Waals surface area contributed by atoms with Crippen LogP contribution in [0.2, 0.25) is 33.2 Å². The lowest BCUT2D eigenvalue weighted by Gasteiger charge is -2.42. The zero-order valence-electron chi connectivity index (χ0n) is 37.8. The standard InChI is InChI=1S/C56H60N2Si2/c1-33(2)59(34(3)4,35(5)6)27-25-45-47-29-39-19-13-14-20-40(39)30-48(47)46(26-28-60(36(7)8,37(9)10)38(11)12)56-55(45)57-51-31-49-50(32-52(51)58-56)54-43-23-17-15-21-41(43)53(49)42-22-16-18-24-44(42)54/h13-24,29-38,53-54H,1-12H3. The second-order valence-corrected chi connectivity index (χ2v) is 31.0. The van der Waals surface area contributed by atoms with E-state index >= 15 is 0 Å². The highest BCUT2D eigenvalue weighted by Crippen LogP contribution is 2.56. The Morgan fingerprint density at radius 3 is 1.00 bits per heavy atom. The molecule has 0 fully saturated rings. The number of hydrogen-bond donors (Lipinski definition) is 0. The number of hydrogen-bond acceptors (Lipinski definition) is 2.